The van der Waals surface area contributed by atoms with Gasteiger partial charge < -0.3 is 14.4 Å². The van der Waals surface area contributed by atoms with Gasteiger partial charge in [-0.2, -0.15) is 4.31 Å². The van der Waals surface area contributed by atoms with Gasteiger partial charge in [-0.15, -0.1) is 6.58 Å². The number of fused-ring (bicyclic) bond motifs is 1. The third-order valence-corrected chi connectivity index (χ3v) is 7.49. The van der Waals surface area contributed by atoms with Crippen molar-refractivity contribution in [2.75, 3.05) is 37.7 Å². The van der Waals surface area contributed by atoms with Crippen molar-refractivity contribution in [2.24, 2.45) is 5.92 Å². The van der Waals surface area contributed by atoms with Crippen molar-refractivity contribution >= 4 is 21.6 Å². The minimum absolute atomic E-state index is 0.00229. The summed E-state index contributed by atoms with van der Waals surface area (Å²) in [7, 11) is -3.67. The molecule has 2 aliphatic rings. The minimum atomic E-state index is -3.67. The maximum atomic E-state index is 13.2. The molecule has 0 N–H and O–H groups in total. The van der Waals surface area contributed by atoms with E-state index >= 15 is 0 Å². The van der Waals surface area contributed by atoms with E-state index in [1.807, 2.05) is 30.3 Å². The predicted molar refractivity (Wildman–Crippen MR) is 118 cm³/mol. The summed E-state index contributed by atoms with van der Waals surface area (Å²) in [5.41, 5.74) is 0.818. The third-order valence-electron chi connectivity index (χ3n) is 5.60. The van der Waals surface area contributed by atoms with E-state index in [0.717, 1.165) is 5.69 Å². The second kappa shape index (κ2) is 9.11. The third kappa shape index (κ3) is 4.45. The van der Waals surface area contributed by atoms with Crippen molar-refractivity contribution < 1.29 is 22.7 Å². The van der Waals surface area contributed by atoms with Crippen LogP contribution in [0.2, 0.25) is 0 Å². The number of hydrogen-bond donors (Lipinski definition) is 0. The molecule has 0 spiro atoms. The zero-order valence-corrected chi connectivity index (χ0v) is 18.1. The molecular formula is C23H26N2O5S. The Bertz CT molecular complexity index is 1050. The fourth-order valence-corrected chi connectivity index (χ4v) is 5.44. The van der Waals surface area contributed by atoms with Crippen LogP contribution in [0.4, 0.5) is 5.69 Å². The minimum Gasteiger partial charge on any atom is -0.486 e. The molecule has 7 nitrogen and oxygen atoms in total. The number of sulfonamides is 1. The molecule has 4 rings (SSSR count). The van der Waals surface area contributed by atoms with Crippen LogP contribution in [0.3, 0.4) is 0 Å². The quantitative estimate of drug-likeness (QED) is 0.643. The maximum absolute atomic E-state index is 13.2. The molecule has 1 fully saturated rings. The Morgan fingerprint density at radius 1 is 1.06 bits per heavy atom. The largest absolute Gasteiger partial charge is 0.486 e. The predicted octanol–water partition coefficient (Wildman–Crippen LogP) is 3.08. The molecule has 0 aliphatic carbocycles. The summed E-state index contributed by atoms with van der Waals surface area (Å²) in [6.45, 7) is 5.61. The average molecular weight is 443 g/mol. The molecule has 0 radical (unpaired) electrons. The van der Waals surface area contributed by atoms with E-state index in [4.69, 9.17) is 9.47 Å². The highest BCUT2D eigenvalue weighted by atomic mass is 32.2. The lowest BCUT2D eigenvalue weighted by atomic mass is 9.96. The molecule has 2 aromatic rings. The van der Waals surface area contributed by atoms with Crippen molar-refractivity contribution in [3.8, 4) is 11.5 Å². The summed E-state index contributed by atoms with van der Waals surface area (Å²) in [4.78, 5) is 15.0. The molecule has 8 heteroatoms. The van der Waals surface area contributed by atoms with Crippen LogP contribution in [0, 0.1) is 5.92 Å². The first kappa shape index (κ1) is 21.4. The van der Waals surface area contributed by atoms with Gasteiger partial charge in [0.2, 0.25) is 15.9 Å². The van der Waals surface area contributed by atoms with Crippen LogP contribution in [-0.2, 0) is 14.8 Å². The number of carbonyl (C=O) groups is 1. The van der Waals surface area contributed by atoms with E-state index < -0.39 is 10.0 Å². The monoisotopic (exact) mass is 442 g/mol. The second-order valence-corrected chi connectivity index (χ2v) is 9.49. The van der Waals surface area contributed by atoms with Crippen LogP contribution >= 0.6 is 0 Å². The van der Waals surface area contributed by atoms with Crippen molar-refractivity contribution in [3.63, 3.8) is 0 Å². The lowest BCUT2D eigenvalue weighted by molar-refractivity contribution is -0.123. The van der Waals surface area contributed by atoms with Crippen LogP contribution < -0.4 is 14.4 Å². The Kier molecular flexibility index (Phi) is 6.29. The number of amides is 1. The standard InChI is InChI=1S/C23H26N2O5S/c1-2-12-25(19-6-4-3-5-7-19)23(26)18-10-13-24(14-11-18)31(27,28)20-8-9-21-22(17-20)30-16-15-29-21/h2-9,17-18H,1,10-16H2. The molecule has 0 bridgehead atoms. The van der Waals surface area contributed by atoms with Gasteiger partial charge in [0.1, 0.15) is 13.2 Å². The summed E-state index contributed by atoms with van der Waals surface area (Å²) in [5.74, 6) is 0.771. The molecule has 0 aromatic heterocycles. The highest BCUT2D eigenvalue weighted by Gasteiger charge is 2.34. The van der Waals surface area contributed by atoms with Crippen molar-refractivity contribution in [2.45, 2.75) is 17.7 Å². The van der Waals surface area contributed by atoms with Crippen LogP contribution in [-0.4, -0.2) is 51.5 Å². The highest BCUT2D eigenvalue weighted by Crippen LogP contribution is 2.34. The van der Waals surface area contributed by atoms with E-state index in [1.165, 1.54) is 10.4 Å². The second-order valence-electron chi connectivity index (χ2n) is 7.56. The maximum Gasteiger partial charge on any atom is 0.243 e. The number of nitrogens with zero attached hydrogens (tertiary/aromatic N) is 2. The summed E-state index contributed by atoms with van der Waals surface area (Å²) >= 11 is 0. The smallest absolute Gasteiger partial charge is 0.243 e. The number of hydrogen-bond acceptors (Lipinski definition) is 5. The van der Waals surface area contributed by atoms with Gasteiger partial charge in [0.25, 0.3) is 0 Å². The summed E-state index contributed by atoms with van der Waals surface area (Å²) < 4.78 is 38.7. The Hall–Kier alpha value is -2.84. The summed E-state index contributed by atoms with van der Waals surface area (Å²) in [5, 5.41) is 0. The fraction of sp³-hybridized carbons (Fsp3) is 0.348. The molecule has 0 atom stereocenters. The topological polar surface area (TPSA) is 76.2 Å². The molecule has 1 amide bonds. The van der Waals surface area contributed by atoms with Crippen molar-refractivity contribution in [1.82, 2.24) is 4.31 Å². The van der Waals surface area contributed by atoms with Crippen molar-refractivity contribution in [1.29, 1.82) is 0 Å². The molecular weight excluding hydrogens is 416 g/mol. The van der Waals surface area contributed by atoms with E-state index in [-0.39, 0.29) is 16.7 Å². The van der Waals surface area contributed by atoms with Gasteiger partial charge in [-0.25, -0.2) is 8.42 Å². The van der Waals surface area contributed by atoms with E-state index in [9.17, 15) is 13.2 Å². The Labute approximate surface area is 182 Å². The lowest BCUT2D eigenvalue weighted by Gasteiger charge is -2.33. The zero-order valence-electron chi connectivity index (χ0n) is 17.3. The molecule has 0 saturated carbocycles. The lowest BCUT2D eigenvalue weighted by Crippen LogP contribution is -2.44. The van der Waals surface area contributed by atoms with E-state index in [0.29, 0.717) is 57.2 Å². The van der Waals surface area contributed by atoms with Gasteiger partial charge in [-0.1, -0.05) is 24.3 Å². The van der Waals surface area contributed by atoms with Crippen LogP contribution in [0.15, 0.2) is 66.1 Å². The van der Waals surface area contributed by atoms with Crippen LogP contribution in [0.1, 0.15) is 12.8 Å². The van der Waals surface area contributed by atoms with Gasteiger partial charge in [-0.05, 0) is 37.1 Å². The average Bonchev–Trinajstić information content (AvgIpc) is 2.82. The molecule has 31 heavy (non-hydrogen) atoms. The SMILES string of the molecule is C=CCN(C(=O)C1CCN(S(=O)(=O)c2ccc3c(c2)OCCO3)CC1)c1ccccc1. The number of anilines is 1. The molecule has 1 saturated heterocycles. The first-order valence-corrected chi connectivity index (χ1v) is 11.8. The highest BCUT2D eigenvalue weighted by molar-refractivity contribution is 7.89. The molecule has 0 unspecified atom stereocenters. The number of carbonyl (C=O) groups excluding carboxylic acids is 1. The Balaban J connectivity index is 1.45. The summed E-state index contributed by atoms with van der Waals surface area (Å²) in [6.07, 6.45) is 2.65. The number of ether oxygens (including phenoxy) is 2. The van der Waals surface area contributed by atoms with Crippen LogP contribution in [0.25, 0.3) is 0 Å². The number of piperidine rings is 1. The number of para-hydroxylation sites is 1. The van der Waals surface area contributed by atoms with Gasteiger partial charge in [0.05, 0.1) is 4.90 Å². The fourth-order valence-electron chi connectivity index (χ4n) is 3.96. The van der Waals surface area contributed by atoms with Crippen LogP contribution in [0.5, 0.6) is 11.5 Å². The summed E-state index contributed by atoms with van der Waals surface area (Å²) in [6, 6.07) is 14.2. The van der Waals surface area contributed by atoms with Gasteiger partial charge in [0, 0.05) is 37.3 Å². The first-order valence-electron chi connectivity index (χ1n) is 10.4. The van der Waals surface area contributed by atoms with Gasteiger partial charge >= 0.3 is 0 Å². The Morgan fingerprint density at radius 3 is 2.42 bits per heavy atom. The van der Waals surface area contributed by atoms with Crippen molar-refractivity contribution in [3.05, 3.63) is 61.2 Å². The normalized spacial score (nSPS) is 17.2. The van der Waals surface area contributed by atoms with Gasteiger partial charge in [0.15, 0.2) is 11.5 Å². The molecule has 2 aromatic carbocycles. The number of rotatable bonds is 6. The first-order chi connectivity index (χ1) is 15.0. The van der Waals surface area contributed by atoms with E-state index in [1.54, 1.807) is 23.1 Å². The molecule has 164 valence electrons. The zero-order chi connectivity index (χ0) is 21.8. The molecule has 2 heterocycles. The van der Waals surface area contributed by atoms with E-state index in [2.05, 4.69) is 6.58 Å². The molecule has 2 aliphatic heterocycles. The Morgan fingerprint density at radius 2 is 1.74 bits per heavy atom. The van der Waals surface area contributed by atoms with Gasteiger partial charge in [-0.3, -0.25) is 4.79 Å². The number of benzene rings is 2.